The van der Waals surface area contributed by atoms with Gasteiger partial charge in [-0.3, -0.25) is 0 Å². The Morgan fingerprint density at radius 3 is 2.86 bits per heavy atom. The summed E-state index contributed by atoms with van der Waals surface area (Å²) >= 11 is 1.77. The van der Waals surface area contributed by atoms with Crippen LogP contribution in [0.25, 0.3) is 0 Å². The van der Waals surface area contributed by atoms with E-state index in [1.807, 2.05) is 6.20 Å². The second-order valence-electron chi connectivity index (χ2n) is 4.49. The molecule has 1 N–H and O–H groups in total. The number of thiazole rings is 1. The van der Waals surface area contributed by atoms with E-state index >= 15 is 0 Å². The van der Waals surface area contributed by atoms with E-state index in [1.54, 1.807) is 11.3 Å². The van der Waals surface area contributed by atoms with Gasteiger partial charge in [0.25, 0.3) is 0 Å². The molecule has 78 valence electrons. The number of nitrogens with zero attached hydrogens (tertiary/aromatic N) is 1. The predicted molar refractivity (Wildman–Crippen MR) is 60.5 cm³/mol. The van der Waals surface area contributed by atoms with Crippen molar-refractivity contribution < 1.29 is 0 Å². The Kier molecular flexibility index (Phi) is 3.19. The molecule has 0 aliphatic heterocycles. The van der Waals surface area contributed by atoms with Gasteiger partial charge in [0.2, 0.25) is 0 Å². The van der Waals surface area contributed by atoms with E-state index in [4.69, 9.17) is 0 Å². The Labute approximate surface area is 89.8 Å². The van der Waals surface area contributed by atoms with Crippen LogP contribution < -0.4 is 5.32 Å². The van der Waals surface area contributed by atoms with Crippen molar-refractivity contribution in [2.45, 2.75) is 45.2 Å². The van der Waals surface area contributed by atoms with Crippen molar-refractivity contribution in [3.63, 3.8) is 0 Å². The molecule has 0 saturated heterocycles. The molecule has 0 spiro atoms. The van der Waals surface area contributed by atoms with E-state index in [1.165, 1.54) is 24.3 Å². The fourth-order valence-corrected chi connectivity index (χ4v) is 2.36. The largest absolute Gasteiger partial charge is 0.305 e. The predicted octanol–water partition coefficient (Wildman–Crippen LogP) is 2.98. The van der Waals surface area contributed by atoms with Crippen LogP contribution in [0.1, 0.15) is 44.2 Å². The minimum atomic E-state index is 0.488. The zero-order chi connectivity index (χ0) is 9.97. The summed E-state index contributed by atoms with van der Waals surface area (Å²) in [7, 11) is 0. The Hall–Kier alpha value is -0.410. The van der Waals surface area contributed by atoms with Gasteiger partial charge in [-0.1, -0.05) is 13.8 Å². The number of aromatic nitrogens is 1. The van der Waals surface area contributed by atoms with Crippen LogP contribution in [0.3, 0.4) is 0 Å². The van der Waals surface area contributed by atoms with Crippen molar-refractivity contribution >= 4 is 11.3 Å². The maximum absolute atomic E-state index is 4.41. The first-order chi connectivity index (χ1) is 6.75. The minimum absolute atomic E-state index is 0.488. The van der Waals surface area contributed by atoms with E-state index in [0.29, 0.717) is 6.04 Å². The Morgan fingerprint density at radius 2 is 2.36 bits per heavy atom. The average Bonchev–Trinajstić information content (AvgIpc) is 2.79. The van der Waals surface area contributed by atoms with Gasteiger partial charge in [-0.15, -0.1) is 11.3 Å². The van der Waals surface area contributed by atoms with Crippen LogP contribution in [0.2, 0.25) is 0 Å². The van der Waals surface area contributed by atoms with E-state index < -0.39 is 0 Å². The normalized spacial score (nSPS) is 18.8. The van der Waals surface area contributed by atoms with Gasteiger partial charge in [-0.05, 0) is 25.2 Å². The van der Waals surface area contributed by atoms with Crippen LogP contribution >= 0.6 is 11.3 Å². The van der Waals surface area contributed by atoms with E-state index in [0.717, 1.165) is 12.0 Å². The Morgan fingerprint density at radius 1 is 1.57 bits per heavy atom. The zero-order valence-corrected chi connectivity index (χ0v) is 9.68. The number of rotatable bonds is 5. The molecular formula is C11H18N2S. The molecule has 0 aromatic carbocycles. The van der Waals surface area contributed by atoms with Crippen LogP contribution in [0.5, 0.6) is 0 Å². The molecule has 2 rings (SSSR count). The molecule has 1 fully saturated rings. The molecule has 14 heavy (non-hydrogen) atoms. The topological polar surface area (TPSA) is 24.9 Å². The molecule has 1 atom stereocenters. The smallest absolute Gasteiger partial charge is 0.109 e. The Balaban J connectivity index is 1.97. The van der Waals surface area contributed by atoms with Crippen molar-refractivity contribution in [1.82, 2.24) is 10.3 Å². The molecule has 2 nitrogen and oxygen atoms in total. The molecule has 1 aromatic rings. The standard InChI is InChI=1S/C11H18N2S/c1-8(2)7-10(13-9-3-4-9)11-12-5-6-14-11/h5-6,8-10,13H,3-4,7H2,1-2H3. The van der Waals surface area contributed by atoms with Crippen LogP contribution in [0.15, 0.2) is 11.6 Å². The summed E-state index contributed by atoms with van der Waals surface area (Å²) in [6, 6.07) is 1.25. The van der Waals surface area contributed by atoms with Crippen molar-refractivity contribution in [1.29, 1.82) is 0 Å². The van der Waals surface area contributed by atoms with Gasteiger partial charge in [-0.2, -0.15) is 0 Å². The maximum Gasteiger partial charge on any atom is 0.109 e. The minimum Gasteiger partial charge on any atom is -0.305 e. The monoisotopic (exact) mass is 210 g/mol. The van der Waals surface area contributed by atoms with Crippen molar-refractivity contribution in [3.8, 4) is 0 Å². The number of nitrogens with one attached hydrogen (secondary N) is 1. The fourth-order valence-electron chi connectivity index (χ4n) is 1.65. The SMILES string of the molecule is CC(C)CC(NC1CC1)c1nccs1. The molecule has 3 heteroatoms. The molecule has 1 saturated carbocycles. The van der Waals surface area contributed by atoms with Gasteiger partial charge in [0.1, 0.15) is 5.01 Å². The number of hydrogen-bond donors (Lipinski definition) is 1. The van der Waals surface area contributed by atoms with E-state index in [-0.39, 0.29) is 0 Å². The molecule has 0 radical (unpaired) electrons. The van der Waals surface area contributed by atoms with Crippen LogP contribution in [-0.4, -0.2) is 11.0 Å². The third kappa shape index (κ3) is 2.79. The van der Waals surface area contributed by atoms with Gasteiger partial charge >= 0.3 is 0 Å². The lowest BCUT2D eigenvalue weighted by molar-refractivity contribution is 0.426. The third-order valence-electron chi connectivity index (χ3n) is 2.47. The molecule has 1 aliphatic carbocycles. The lowest BCUT2D eigenvalue weighted by Gasteiger charge is -2.18. The summed E-state index contributed by atoms with van der Waals surface area (Å²) in [6.45, 7) is 4.55. The number of hydrogen-bond acceptors (Lipinski definition) is 3. The van der Waals surface area contributed by atoms with Crippen molar-refractivity contribution in [2.24, 2.45) is 5.92 Å². The van der Waals surface area contributed by atoms with Crippen molar-refractivity contribution in [2.75, 3.05) is 0 Å². The first-order valence-electron chi connectivity index (χ1n) is 5.41. The first kappa shape index (κ1) is 10.1. The van der Waals surface area contributed by atoms with Gasteiger partial charge in [0.15, 0.2) is 0 Å². The highest BCUT2D eigenvalue weighted by Gasteiger charge is 2.26. The molecule has 1 unspecified atom stereocenters. The molecule has 0 bridgehead atoms. The third-order valence-corrected chi connectivity index (χ3v) is 3.36. The Bertz CT molecular complexity index is 261. The highest BCUT2D eigenvalue weighted by Crippen LogP contribution is 2.28. The highest BCUT2D eigenvalue weighted by molar-refractivity contribution is 7.09. The maximum atomic E-state index is 4.41. The highest BCUT2D eigenvalue weighted by atomic mass is 32.1. The lowest BCUT2D eigenvalue weighted by Crippen LogP contribution is -2.24. The summed E-state index contributed by atoms with van der Waals surface area (Å²) in [6.07, 6.45) is 5.80. The second kappa shape index (κ2) is 4.41. The molecule has 1 aromatic heterocycles. The molecular weight excluding hydrogens is 192 g/mol. The fraction of sp³-hybridized carbons (Fsp3) is 0.727. The van der Waals surface area contributed by atoms with Crippen LogP contribution in [0, 0.1) is 5.92 Å². The molecule has 1 aliphatic rings. The molecule has 1 heterocycles. The summed E-state index contributed by atoms with van der Waals surface area (Å²) in [5.41, 5.74) is 0. The van der Waals surface area contributed by atoms with Gasteiger partial charge in [-0.25, -0.2) is 4.98 Å². The van der Waals surface area contributed by atoms with E-state index in [9.17, 15) is 0 Å². The first-order valence-corrected chi connectivity index (χ1v) is 6.29. The van der Waals surface area contributed by atoms with Crippen LogP contribution in [0.4, 0.5) is 0 Å². The quantitative estimate of drug-likeness (QED) is 0.808. The molecule has 0 amide bonds. The summed E-state index contributed by atoms with van der Waals surface area (Å²) in [4.78, 5) is 4.41. The summed E-state index contributed by atoms with van der Waals surface area (Å²) < 4.78 is 0. The second-order valence-corrected chi connectivity index (χ2v) is 5.42. The van der Waals surface area contributed by atoms with E-state index in [2.05, 4.69) is 29.5 Å². The lowest BCUT2D eigenvalue weighted by atomic mass is 10.0. The average molecular weight is 210 g/mol. The van der Waals surface area contributed by atoms with Crippen LogP contribution in [-0.2, 0) is 0 Å². The summed E-state index contributed by atoms with van der Waals surface area (Å²) in [5.74, 6) is 0.732. The van der Waals surface area contributed by atoms with Gasteiger partial charge in [0.05, 0.1) is 6.04 Å². The summed E-state index contributed by atoms with van der Waals surface area (Å²) in [5, 5.41) is 6.99. The van der Waals surface area contributed by atoms with Crippen molar-refractivity contribution in [3.05, 3.63) is 16.6 Å². The van der Waals surface area contributed by atoms with Gasteiger partial charge < -0.3 is 5.32 Å². The van der Waals surface area contributed by atoms with Gasteiger partial charge in [0, 0.05) is 17.6 Å². The zero-order valence-electron chi connectivity index (χ0n) is 8.86.